The molecule has 2 aromatic heterocycles. The Labute approximate surface area is 137 Å². The summed E-state index contributed by atoms with van der Waals surface area (Å²) in [5, 5.41) is 22.0. The maximum Gasteiger partial charge on any atom is 0.339 e. The first kappa shape index (κ1) is 17.2. The number of amides is 2. The Kier molecular flexibility index (Phi) is 4.97. The third kappa shape index (κ3) is 3.77. The predicted molar refractivity (Wildman–Crippen MR) is 82.8 cm³/mol. The number of nitrogens with one attached hydrogen (secondary N) is 2. The average Bonchev–Trinajstić information content (AvgIpc) is 3.07. The SMILES string of the molecule is Cc1cc(C(=O)NCCNC(=O)c2nn(C)cc2C(=O)O)nn1C. The second kappa shape index (κ2) is 6.94. The molecule has 10 nitrogen and oxygen atoms in total. The van der Waals surface area contributed by atoms with Gasteiger partial charge < -0.3 is 15.7 Å². The molecule has 0 aromatic carbocycles. The largest absolute Gasteiger partial charge is 0.478 e. The Morgan fingerprint density at radius 3 is 2.29 bits per heavy atom. The molecule has 10 heteroatoms. The van der Waals surface area contributed by atoms with Crippen LogP contribution in [0.1, 0.15) is 37.0 Å². The smallest absolute Gasteiger partial charge is 0.339 e. The summed E-state index contributed by atoms with van der Waals surface area (Å²) in [5.41, 5.74) is 0.795. The zero-order valence-electron chi connectivity index (χ0n) is 13.5. The highest BCUT2D eigenvalue weighted by molar-refractivity contribution is 6.03. The van der Waals surface area contributed by atoms with Crippen molar-refractivity contribution < 1.29 is 19.5 Å². The highest BCUT2D eigenvalue weighted by Crippen LogP contribution is 2.06. The number of carboxylic acids is 1. The summed E-state index contributed by atoms with van der Waals surface area (Å²) >= 11 is 0. The number of aromatic carboxylic acids is 1. The van der Waals surface area contributed by atoms with Gasteiger partial charge in [0.05, 0.1) is 0 Å². The van der Waals surface area contributed by atoms with Gasteiger partial charge in [0.15, 0.2) is 5.69 Å². The summed E-state index contributed by atoms with van der Waals surface area (Å²) < 4.78 is 2.84. The van der Waals surface area contributed by atoms with E-state index in [4.69, 9.17) is 5.11 Å². The van der Waals surface area contributed by atoms with Gasteiger partial charge in [-0.25, -0.2) is 4.79 Å². The highest BCUT2D eigenvalue weighted by Gasteiger charge is 2.20. The highest BCUT2D eigenvalue weighted by atomic mass is 16.4. The second-order valence-electron chi connectivity index (χ2n) is 5.18. The molecule has 0 fully saturated rings. The predicted octanol–water partition coefficient (Wildman–Crippen LogP) is -0.680. The molecule has 128 valence electrons. The number of carboxylic acid groups (broad SMARTS) is 1. The van der Waals surface area contributed by atoms with E-state index in [1.807, 2.05) is 6.92 Å². The van der Waals surface area contributed by atoms with Crippen molar-refractivity contribution in [3.8, 4) is 0 Å². The molecule has 0 aliphatic carbocycles. The molecule has 2 rings (SSSR count). The molecular weight excluding hydrogens is 316 g/mol. The van der Waals surface area contributed by atoms with Crippen LogP contribution in [0.3, 0.4) is 0 Å². The summed E-state index contributed by atoms with van der Waals surface area (Å²) in [5.74, 6) is -2.19. The van der Waals surface area contributed by atoms with Crippen LogP contribution in [0.5, 0.6) is 0 Å². The zero-order chi connectivity index (χ0) is 17.9. The molecule has 2 amide bonds. The van der Waals surface area contributed by atoms with Crippen LogP contribution in [0.25, 0.3) is 0 Å². The van der Waals surface area contributed by atoms with Crippen molar-refractivity contribution >= 4 is 17.8 Å². The normalized spacial score (nSPS) is 10.5. The van der Waals surface area contributed by atoms with E-state index in [0.29, 0.717) is 5.69 Å². The van der Waals surface area contributed by atoms with Gasteiger partial charge in [-0.1, -0.05) is 0 Å². The molecule has 0 unspecified atom stereocenters. The van der Waals surface area contributed by atoms with Crippen LogP contribution in [0.2, 0.25) is 0 Å². The number of aryl methyl sites for hydroxylation is 3. The lowest BCUT2D eigenvalue weighted by Crippen LogP contribution is -2.35. The van der Waals surface area contributed by atoms with Crippen LogP contribution >= 0.6 is 0 Å². The molecular formula is C14H18N6O4. The van der Waals surface area contributed by atoms with Gasteiger partial charge in [-0.3, -0.25) is 19.0 Å². The fourth-order valence-electron chi connectivity index (χ4n) is 2.01. The maximum absolute atomic E-state index is 12.0. The molecule has 24 heavy (non-hydrogen) atoms. The van der Waals surface area contributed by atoms with Gasteiger partial charge >= 0.3 is 5.97 Å². The van der Waals surface area contributed by atoms with Crippen molar-refractivity contribution in [2.45, 2.75) is 6.92 Å². The lowest BCUT2D eigenvalue weighted by Gasteiger charge is -2.05. The Morgan fingerprint density at radius 2 is 1.75 bits per heavy atom. The Bertz CT molecular complexity index is 772. The van der Waals surface area contributed by atoms with Crippen LogP contribution in [0.15, 0.2) is 12.3 Å². The van der Waals surface area contributed by atoms with Crippen molar-refractivity contribution in [1.82, 2.24) is 30.2 Å². The van der Waals surface area contributed by atoms with Gasteiger partial charge in [0, 0.05) is 39.1 Å². The quantitative estimate of drug-likeness (QED) is 0.600. The molecule has 0 atom stereocenters. The van der Waals surface area contributed by atoms with Crippen molar-refractivity contribution in [3.05, 3.63) is 34.9 Å². The van der Waals surface area contributed by atoms with Crippen LogP contribution in [-0.2, 0) is 14.1 Å². The van der Waals surface area contributed by atoms with E-state index < -0.39 is 11.9 Å². The molecule has 2 aromatic rings. The van der Waals surface area contributed by atoms with Crippen LogP contribution < -0.4 is 10.6 Å². The fourth-order valence-corrected chi connectivity index (χ4v) is 2.01. The first-order valence-electron chi connectivity index (χ1n) is 7.13. The number of hydrogen-bond donors (Lipinski definition) is 3. The van der Waals surface area contributed by atoms with E-state index in [-0.39, 0.29) is 30.3 Å². The molecule has 2 heterocycles. The van der Waals surface area contributed by atoms with E-state index in [1.54, 1.807) is 17.8 Å². The number of rotatable bonds is 6. The topological polar surface area (TPSA) is 131 Å². The summed E-state index contributed by atoms with van der Waals surface area (Å²) in [7, 11) is 3.26. The number of nitrogens with zero attached hydrogens (tertiary/aromatic N) is 4. The first-order chi connectivity index (χ1) is 11.3. The van der Waals surface area contributed by atoms with Crippen molar-refractivity contribution in [2.75, 3.05) is 13.1 Å². The number of carbonyl (C=O) groups excluding carboxylic acids is 2. The number of hydrogen-bond acceptors (Lipinski definition) is 5. The first-order valence-corrected chi connectivity index (χ1v) is 7.13. The third-order valence-electron chi connectivity index (χ3n) is 3.32. The van der Waals surface area contributed by atoms with Gasteiger partial charge in [0.25, 0.3) is 11.8 Å². The Hall–Kier alpha value is -3.17. The molecule has 0 saturated heterocycles. The van der Waals surface area contributed by atoms with E-state index in [0.717, 1.165) is 5.69 Å². The van der Waals surface area contributed by atoms with Crippen molar-refractivity contribution in [1.29, 1.82) is 0 Å². The summed E-state index contributed by atoms with van der Waals surface area (Å²) in [6.07, 6.45) is 1.25. The van der Waals surface area contributed by atoms with E-state index in [9.17, 15) is 14.4 Å². The molecule has 0 aliphatic heterocycles. The summed E-state index contributed by atoms with van der Waals surface area (Å²) in [6, 6.07) is 1.65. The molecule has 0 radical (unpaired) electrons. The number of aromatic nitrogens is 4. The van der Waals surface area contributed by atoms with Crippen molar-refractivity contribution in [2.24, 2.45) is 14.1 Å². The molecule has 0 spiro atoms. The van der Waals surface area contributed by atoms with Gasteiger partial charge in [-0.2, -0.15) is 10.2 Å². The minimum absolute atomic E-state index is 0.131. The lowest BCUT2D eigenvalue weighted by atomic mass is 10.2. The van der Waals surface area contributed by atoms with Crippen LogP contribution in [0, 0.1) is 6.92 Å². The summed E-state index contributed by atoms with van der Waals surface area (Å²) in [4.78, 5) is 34.9. The fraction of sp³-hybridized carbons (Fsp3) is 0.357. The molecule has 3 N–H and O–H groups in total. The van der Waals surface area contributed by atoms with Gasteiger partial charge in [-0.15, -0.1) is 0 Å². The van der Waals surface area contributed by atoms with E-state index >= 15 is 0 Å². The van der Waals surface area contributed by atoms with E-state index in [2.05, 4.69) is 20.8 Å². The average molecular weight is 334 g/mol. The minimum Gasteiger partial charge on any atom is -0.478 e. The lowest BCUT2D eigenvalue weighted by molar-refractivity contribution is 0.0691. The minimum atomic E-state index is -1.23. The molecule has 0 aliphatic rings. The van der Waals surface area contributed by atoms with Crippen LogP contribution in [0.4, 0.5) is 0 Å². The monoisotopic (exact) mass is 334 g/mol. The van der Waals surface area contributed by atoms with Gasteiger partial charge in [-0.05, 0) is 13.0 Å². The molecule has 0 saturated carbocycles. The summed E-state index contributed by atoms with van der Waals surface area (Å²) in [6.45, 7) is 2.14. The number of carbonyl (C=O) groups is 3. The maximum atomic E-state index is 12.0. The van der Waals surface area contributed by atoms with E-state index in [1.165, 1.54) is 17.9 Å². The Balaban J connectivity index is 1.85. The molecule has 0 bridgehead atoms. The third-order valence-corrected chi connectivity index (χ3v) is 3.32. The van der Waals surface area contributed by atoms with Crippen LogP contribution in [-0.4, -0.2) is 55.5 Å². The zero-order valence-corrected chi connectivity index (χ0v) is 13.5. The standard InChI is InChI=1S/C14H18N6O4/c1-8-6-10(17-20(8)3)12(21)15-4-5-16-13(22)11-9(14(23)24)7-19(2)18-11/h6-7H,4-5H2,1-3H3,(H,15,21)(H,16,22)(H,23,24). The Morgan fingerprint density at radius 1 is 1.12 bits per heavy atom. The van der Waals surface area contributed by atoms with Gasteiger partial charge in [0.2, 0.25) is 0 Å². The van der Waals surface area contributed by atoms with Gasteiger partial charge in [0.1, 0.15) is 11.3 Å². The van der Waals surface area contributed by atoms with Crippen molar-refractivity contribution in [3.63, 3.8) is 0 Å². The second-order valence-corrected chi connectivity index (χ2v) is 5.18.